The number of hydrogen-bond acceptors (Lipinski definition) is 4. The van der Waals surface area contributed by atoms with Crippen LogP contribution in [0.3, 0.4) is 0 Å². The molecule has 3 aliphatic rings. The van der Waals surface area contributed by atoms with Gasteiger partial charge in [0.1, 0.15) is 5.75 Å². The Balaban J connectivity index is 1.11. The number of nitrogens with zero attached hydrogens (tertiary/aromatic N) is 3. The molecule has 0 saturated carbocycles. The number of benzene rings is 3. The van der Waals surface area contributed by atoms with Crippen LogP contribution in [0.25, 0.3) is 0 Å². The molecule has 3 heterocycles. The first-order chi connectivity index (χ1) is 20.4. The van der Waals surface area contributed by atoms with Crippen LogP contribution in [0, 0.1) is 11.3 Å². The summed E-state index contributed by atoms with van der Waals surface area (Å²) in [5, 5.41) is 0.770. The molecule has 3 aliphatic heterocycles. The maximum Gasteiger partial charge on any atom is 0.256 e. The molecule has 0 aliphatic carbocycles. The Morgan fingerprint density at radius 3 is 2.21 bits per heavy atom. The third kappa shape index (κ3) is 5.77. The van der Waals surface area contributed by atoms with Crippen molar-refractivity contribution >= 4 is 35.0 Å². The smallest absolute Gasteiger partial charge is 0.256 e. The zero-order valence-electron chi connectivity index (χ0n) is 24.0. The first-order valence-electron chi connectivity index (χ1n) is 14.8. The molecule has 3 aromatic carbocycles. The Morgan fingerprint density at radius 1 is 0.881 bits per heavy atom. The molecule has 1 spiro atoms. The van der Waals surface area contributed by atoms with Gasteiger partial charge in [-0.05, 0) is 73.7 Å². The Kier molecular flexibility index (Phi) is 8.49. The van der Waals surface area contributed by atoms with Gasteiger partial charge in [-0.3, -0.25) is 9.59 Å². The van der Waals surface area contributed by atoms with Crippen molar-refractivity contribution in [3.8, 4) is 5.75 Å². The van der Waals surface area contributed by atoms with Crippen molar-refractivity contribution in [1.82, 2.24) is 14.7 Å². The molecule has 0 aromatic heterocycles. The molecule has 0 N–H and O–H groups in total. The summed E-state index contributed by atoms with van der Waals surface area (Å²) < 4.78 is 5.27. The van der Waals surface area contributed by atoms with E-state index in [1.165, 1.54) is 5.56 Å². The van der Waals surface area contributed by atoms with Gasteiger partial charge in [0.05, 0.1) is 28.1 Å². The second kappa shape index (κ2) is 12.3. The van der Waals surface area contributed by atoms with Gasteiger partial charge in [0.25, 0.3) is 5.91 Å². The van der Waals surface area contributed by atoms with Gasteiger partial charge in [-0.15, -0.1) is 0 Å². The number of carbonyl (C=O) groups is 2. The van der Waals surface area contributed by atoms with Gasteiger partial charge in [0, 0.05) is 38.6 Å². The second-order valence-corrected chi connectivity index (χ2v) is 12.8. The second-order valence-electron chi connectivity index (χ2n) is 12.0. The maximum absolute atomic E-state index is 13.6. The normalized spacial score (nSPS) is 22.2. The summed E-state index contributed by atoms with van der Waals surface area (Å²) >= 11 is 12.8. The molecule has 3 aromatic rings. The number of rotatable bonds is 7. The minimum atomic E-state index is -0.250. The van der Waals surface area contributed by atoms with E-state index in [0.717, 1.165) is 56.8 Å². The SMILES string of the molecule is COc1ccc(CN2CCC3(CCN(C[C@H]4CN(C(=O)c5c(Cl)cccc5Cl)C[C@@H]4c4ccccc4)CC3)C2=O)cc1. The van der Waals surface area contributed by atoms with Gasteiger partial charge in [0.2, 0.25) is 5.91 Å². The molecular formula is C34H37Cl2N3O3. The molecule has 0 bridgehead atoms. The number of piperidine rings is 1. The predicted molar refractivity (Wildman–Crippen MR) is 166 cm³/mol. The predicted octanol–water partition coefficient (Wildman–Crippen LogP) is 6.37. The molecule has 42 heavy (non-hydrogen) atoms. The Labute approximate surface area is 258 Å². The van der Waals surface area contributed by atoms with Crippen molar-refractivity contribution in [2.75, 3.05) is 46.4 Å². The first kappa shape index (κ1) is 29.0. The summed E-state index contributed by atoms with van der Waals surface area (Å²) in [6.45, 7) is 5.41. The third-order valence-electron chi connectivity index (χ3n) is 9.57. The first-order valence-corrected chi connectivity index (χ1v) is 15.6. The van der Waals surface area contributed by atoms with E-state index >= 15 is 0 Å². The van der Waals surface area contributed by atoms with Crippen molar-refractivity contribution in [1.29, 1.82) is 0 Å². The monoisotopic (exact) mass is 605 g/mol. The third-order valence-corrected chi connectivity index (χ3v) is 10.2. The summed E-state index contributed by atoms with van der Waals surface area (Å²) in [5.41, 5.74) is 2.51. The van der Waals surface area contributed by atoms with Crippen molar-refractivity contribution in [2.24, 2.45) is 11.3 Å². The highest BCUT2D eigenvalue weighted by molar-refractivity contribution is 6.39. The van der Waals surface area contributed by atoms with Crippen molar-refractivity contribution in [2.45, 2.75) is 31.7 Å². The van der Waals surface area contributed by atoms with E-state index in [2.05, 4.69) is 29.2 Å². The number of amides is 2. The lowest BCUT2D eigenvalue weighted by Crippen LogP contribution is -2.46. The maximum atomic E-state index is 13.6. The Hall–Kier alpha value is -3.06. The topological polar surface area (TPSA) is 53.1 Å². The molecule has 6 nitrogen and oxygen atoms in total. The van der Waals surface area contributed by atoms with Crippen LogP contribution in [0.5, 0.6) is 5.75 Å². The quantitative estimate of drug-likeness (QED) is 0.314. The summed E-state index contributed by atoms with van der Waals surface area (Å²) in [4.78, 5) is 33.7. The molecule has 0 radical (unpaired) electrons. The van der Waals surface area contributed by atoms with Crippen LogP contribution in [-0.2, 0) is 11.3 Å². The summed E-state index contributed by atoms with van der Waals surface area (Å²) in [6, 6.07) is 23.7. The van der Waals surface area contributed by atoms with Crippen molar-refractivity contribution in [3.63, 3.8) is 0 Å². The number of halogens is 2. The zero-order valence-corrected chi connectivity index (χ0v) is 25.5. The summed E-state index contributed by atoms with van der Waals surface area (Å²) in [7, 11) is 1.66. The molecule has 3 saturated heterocycles. The fraction of sp³-hybridized carbons (Fsp3) is 0.412. The van der Waals surface area contributed by atoms with E-state index in [1.54, 1.807) is 25.3 Å². The lowest BCUT2D eigenvalue weighted by Gasteiger charge is -2.39. The van der Waals surface area contributed by atoms with E-state index in [-0.39, 0.29) is 23.2 Å². The van der Waals surface area contributed by atoms with Gasteiger partial charge in [0.15, 0.2) is 0 Å². The van der Waals surface area contributed by atoms with E-state index in [9.17, 15) is 9.59 Å². The summed E-state index contributed by atoms with van der Waals surface area (Å²) in [6.07, 6.45) is 2.68. The van der Waals surface area contributed by atoms with Gasteiger partial charge in [-0.1, -0.05) is 71.7 Å². The average Bonchev–Trinajstić information content (AvgIpc) is 3.56. The van der Waals surface area contributed by atoms with Crippen LogP contribution in [0.1, 0.15) is 46.7 Å². The highest BCUT2D eigenvalue weighted by Crippen LogP contribution is 2.43. The zero-order chi connectivity index (χ0) is 29.3. The van der Waals surface area contributed by atoms with Gasteiger partial charge in [-0.2, -0.15) is 0 Å². The van der Waals surface area contributed by atoms with Crippen LogP contribution in [-0.4, -0.2) is 72.9 Å². The molecule has 0 unspecified atom stereocenters. The van der Waals surface area contributed by atoms with Crippen LogP contribution >= 0.6 is 23.2 Å². The van der Waals surface area contributed by atoms with E-state index < -0.39 is 0 Å². The number of ether oxygens (including phenoxy) is 1. The lowest BCUT2D eigenvalue weighted by atomic mass is 9.76. The van der Waals surface area contributed by atoms with Crippen LogP contribution in [0.15, 0.2) is 72.8 Å². The lowest BCUT2D eigenvalue weighted by molar-refractivity contribution is -0.139. The van der Waals surface area contributed by atoms with Crippen LogP contribution < -0.4 is 4.74 Å². The highest BCUT2D eigenvalue weighted by Gasteiger charge is 2.48. The van der Waals surface area contributed by atoms with E-state index in [4.69, 9.17) is 27.9 Å². The molecule has 6 rings (SSSR count). The van der Waals surface area contributed by atoms with Crippen molar-refractivity contribution < 1.29 is 14.3 Å². The number of methoxy groups -OCH3 is 1. The van der Waals surface area contributed by atoms with Gasteiger partial charge >= 0.3 is 0 Å². The van der Waals surface area contributed by atoms with Crippen LogP contribution in [0.4, 0.5) is 0 Å². The highest BCUT2D eigenvalue weighted by atomic mass is 35.5. The molecule has 2 atom stereocenters. The standard InChI is InChI=1S/C34H37Cl2N3O3/c1-42-27-12-10-24(11-13-27)20-38-19-16-34(33(38)41)14-17-37(18-15-34)21-26-22-39(23-28(26)25-6-3-2-4-7-25)32(40)31-29(35)8-5-9-30(31)36/h2-13,26,28H,14-23H2,1H3/t26-,28+/m0/s1. The van der Waals surface area contributed by atoms with E-state index in [0.29, 0.717) is 41.2 Å². The molecule has 220 valence electrons. The van der Waals surface area contributed by atoms with Gasteiger partial charge < -0.3 is 19.4 Å². The molecule has 8 heteroatoms. The fourth-order valence-electron chi connectivity index (χ4n) is 7.11. The Bertz CT molecular complexity index is 1400. The van der Waals surface area contributed by atoms with Crippen molar-refractivity contribution in [3.05, 3.63) is 99.5 Å². The Morgan fingerprint density at radius 2 is 1.55 bits per heavy atom. The van der Waals surface area contributed by atoms with Crippen LogP contribution in [0.2, 0.25) is 10.0 Å². The molecule has 3 fully saturated rings. The van der Waals surface area contributed by atoms with Gasteiger partial charge in [-0.25, -0.2) is 0 Å². The minimum Gasteiger partial charge on any atom is -0.497 e. The number of carbonyl (C=O) groups excluding carboxylic acids is 2. The largest absolute Gasteiger partial charge is 0.497 e. The van der Waals surface area contributed by atoms with E-state index in [1.807, 2.05) is 40.1 Å². The average molecular weight is 607 g/mol. The number of hydrogen-bond donors (Lipinski definition) is 0. The summed E-state index contributed by atoms with van der Waals surface area (Å²) in [5.74, 6) is 1.51. The fourth-order valence-corrected chi connectivity index (χ4v) is 7.67. The number of likely N-dealkylation sites (tertiary alicyclic amines) is 3. The molecule has 2 amide bonds. The molecular weight excluding hydrogens is 569 g/mol. The minimum absolute atomic E-state index is 0.111.